The molecule has 1 unspecified atom stereocenters. The van der Waals surface area contributed by atoms with Crippen molar-refractivity contribution in [1.82, 2.24) is 0 Å². The summed E-state index contributed by atoms with van der Waals surface area (Å²) in [6.07, 6.45) is 1.55. The number of anilines is 1. The van der Waals surface area contributed by atoms with Crippen LogP contribution in [0.4, 0.5) is 5.69 Å². The van der Waals surface area contributed by atoms with Gasteiger partial charge in [-0.2, -0.15) is 0 Å². The number of para-hydroxylation sites is 1. The van der Waals surface area contributed by atoms with Gasteiger partial charge < -0.3 is 19.8 Å². The summed E-state index contributed by atoms with van der Waals surface area (Å²) >= 11 is 0. The molecular weight excluding hydrogens is 254 g/mol. The van der Waals surface area contributed by atoms with Crippen LogP contribution in [0.5, 0.6) is 0 Å². The highest BCUT2D eigenvalue weighted by molar-refractivity contribution is 5.54. The zero-order chi connectivity index (χ0) is 14.6. The molecule has 1 saturated heterocycles. The van der Waals surface area contributed by atoms with Crippen molar-refractivity contribution in [2.45, 2.75) is 37.9 Å². The highest BCUT2D eigenvalue weighted by atomic mass is 16.5. The molecule has 0 aromatic heterocycles. The van der Waals surface area contributed by atoms with E-state index >= 15 is 0 Å². The average molecular weight is 279 g/mol. The fourth-order valence-electron chi connectivity index (χ4n) is 2.77. The molecule has 1 atom stereocenters. The number of likely N-dealkylation sites (N-methyl/N-ethyl adjacent to an activating group) is 1. The van der Waals surface area contributed by atoms with Crippen molar-refractivity contribution < 1.29 is 14.9 Å². The predicted molar refractivity (Wildman–Crippen MR) is 80.0 cm³/mol. The second kappa shape index (κ2) is 6.57. The first-order chi connectivity index (χ1) is 9.56. The first-order valence-corrected chi connectivity index (χ1v) is 7.34. The first kappa shape index (κ1) is 15.3. The Bertz CT molecular complexity index is 429. The number of benzene rings is 1. The van der Waals surface area contributed by atoms with Gasteiger partial charge in [-0.05, 0) is 12.5 Å². The third-order valence-corrected chi connectivity index (χ3v) is 4.05. The van der Waals surface area contributed by atoms with Crippen molar-refractivity contribution in [2.75, 3.05) is 31.7 Å². The van der Waals surface area contributed by atoms with E-state index in [1.54, 1.807) is 0 Å². The van der Waals surface area contributed by atoms with Gasteiger partial charge in [-0.3, -0.25) is 0 Å². The van der Waals surface area contributed by atoms with Crippen molar-refractivity contribution >= 4 is 5.69 Å². The monoisotopic (exact) mass is 279 g/mol. The van der Waals surface area contributed by atoms with Crippen molar-refractivity contribution in [3.63, 3.8) is 0 Å². The van der Waals surface area contributed by atoms with Gasteiger partial charge in [0.2, 0.25) is 0 Å². The molecule has 1 aliphatic heterocycles. The minimum absolute atomic E-state index is 0.460. The van der Waals surface area contributed by atoms with Gasteiger partial charge in [0.15, 0.2) is 0 Å². The molecule has 0 amide bonds. The number of hydrogen-bond acceptors (Lipinski definition) is 4. The van der Waals surface area contributed by atoms with E-state index in [1.165, 1.54) is 0 Å². The smallest absolute Gasteiger partial charge is 0.0865 e. The van der Waals surface area contributed by atoms with Crippen LogP contribution >= 0.6 is 0 Å². The third-order valence-electron chi connectivity index (χ3n) is 4.05. The fraction of sp³-hybridized carbons (Fsp3) is 0.625. The molecule has 0 radical (unpaired) electrons. The second-order valence-corrected chi connectivity index (χ2v) is 5.68. The molecule has 2 rings (SSSR count). The SMILES string of the molecule is CCC(O)c1ccccc1N(C)CC1(O)CCOCC1. The summed E-state index contributed by atoms with van der Waals surface area (Å²) in [6, 6.07) is 7.85. The Hall–Kier alpha value is -1.10. The minimum Gasteiger partial charge on any atom is -0.388 e. The maximum absolute atomic E-state index is 10.6. The van der Waals surface area contributed by atoms with E-state index in [0.717, 1.165) is 11.3 Å². The molecule has 1 aliphatic rings. The Kier molecular flexibility index (Phi) is 5.02. The topological polar surface area (TPSA) is 52.9 Å². The Morgan fingerprint density at radius 2 is 1.95 bits per heavy atom. The van der Waals surface area contributed by atoms with Crippen LogP contribution in [0, 0.1) is 0 Å². The predicted octanol–water partition coefficient (Wildman–Crippen LogP) is 2.11. The van der Waals surface area contributed by atoms with Crippen LogP contribution in [-0.4, -0.2) is 42.6 Å². The number of rotatable bonds is 5. The zero-order valence-electron chi connectivity index (χ0n) is 12.4. The molecule has 1 heterocycles. The molecule has 20 heavy (non-hydrogen) atoms. The van der Waals surface area contributed by atoms with E-state index in [1.807, 2.05) is 43.1 Å². The Morgan fingerprint density at radius 3 is 2.60 bits per heavy atom. The lowest BCUT2D eigenvalue weighted by atomic mass is 9.93. The van der Waals surface area contributed by atoms with Gasteiger partial charge in [-0.1, -0.05) is 25.1 Å². The van der Waals surface area contributed by atoms with E-state index in [4.69, 9.17) is 4.74 Å². The largest absolute Gasteiger partial charge is 0.388 e. The normalized spacial score (nSPS) is 19.6. The molecule has 1 fully saturated rings. The van der Waals surface area contributed by atoms with Crippen LogP contribution in [0.25, 0.3) is 0 Å². The van der Waals surface area contributed by atoms with Gasteiger partial charge in [0.05, 0.1) is 11.7 Å². The van der Waals surface area contributed by atoms with E-state index in [0.29, 0.717) is 39.0 Å². The summed E-state index contributed by atoms with van der Waals surface area (Å²) in [5.74, 6) is 0. The molecule has 0 spiro atoms. The van der Waals surface area contributed by atoms with Crippen molar-refractivity contribution in [2.24, 2.45) is 0 Å². The number of aliphatic hydroxyl groups excluding tert-OH is 1. The number of ether oxygens (including phenoxy) is 1. The van der Waals surface area contributed by atoms with E-state index in [9.17, 15) is 10.2 Å². The third kappa shape index (κ3) is 3.51. The highest BCUT2D eigenvalue weighted by Gasteiger charge is 2.31. The lowest BCUT2D eigenvalue weighted by Gasteiger charge is -2.37. The van der Waals surface area contributed by atoms with Gasteiger partial charge in [-0.25, -0.2) is 0 Å². The highest BCUT2D eigenvalue weighted by Crippen LogP contribution is 2.30. The Balaban J connectivity index is 2.14. The molecule has 2 N–H and O–H groups in total. The molecule has 4 nitrogen and oxygen atoms in total. The van der Waals surface area contributed by atoms with Crippen LogP contribution in [0.3, 0.4) is 0 Å². The lowest BCUT2D eigenvalue weighted by Crippen LogP contribution is -2.46. The van der Waals surface area contributed by atoms with Crippen LogP contribution < -0.4 is 4.90 Å². The second-order valence-electron chi connectivity index (χ2n) is 5.68. The Morgan fingerprint density at radius 1 is 1.30 bits per heavy atom. The lowest BCUT2D eigenvalue weighted by molar-refractivity contribution is -0.0573. The standard InChI is InChI=1S/C16H25NO3/c1-3-15(18)13-6-4-5-7-14(13)17(2)12-16(19)8-10-20-11-9-16/h4-7,15,18-19H,3,8-12H2,1-2H3. The maximum Gasteiger partial charge on any atom is 0.0865 e. The van der Waals surface area contributed by atoms with E-state index < -0.39 is 11.7 Å². The van der Waals surface area contributed by atoms with Crippen LogP contribution in [0.15, 0.2) is 24.3 Å². The summed E-state index contributed by atoms with van der Waals surface area (Å²) in [5.41, 5.74) is 1.21. The van der Waals surface area contributed by atoms with Crippen molar-refractivity contribution in [1.29, 1.82) is 0 Å². The fourth-order valence-corrected chi connectivity index (χ4v) is 2.77. The Labute approximate surface area is 121 Å². The quantitative estimate of drug-likeness (QED) is 0.867. The van der Waals surface area contributed by atoms with Crippen LogP contribution in [0.2, 0.25) is 0 Å². The molecular formula is C16H25NO3. The number of hydrogen-bond donors (Lipinski definition) is 2. The molecule has 1 aromatic carbocycles. The zero-order valence-corrected chi connectivity index (χ0v) is 12.4. The minimum atomic E-state index is -0.697. The molecule has 112 valence electrons. The van der Waals surface area contributed by atoms with Gasteiger partial charge in [0, 0.05) is 50.9 Å². The summed E-state index contributed by atoms with van der Waals surface area (Å²) in [4.78, 5) is 2.04. The summed E-state index contributed by atoms with van der Waals surface area (Å²) in [6.45, 7) is 3.75. The van der Waals surface area contributed by atoms with Gasteiger partial charge >= 0.3 is 0 Å². The van der Waals surface area contributed by atoms with Gasteiger partial charge in [0.1, 0.15) is 0 Å². The van der Waals surface area contributed by atoms with E-state index in [-0.39, 0.29) is 0 Å². The molecule has 4 heteroatoms. The van der Waals surface area contributed by atoms with Crippen LogP contribution in [-0.2, 0) is 4.74 Å². The average Bonchev–Trinajstić information content (AvgIpc) is 2.46. The molecule has 0 bridgehead atoms. The molecule has 1 aromatic rings. The van der Waals surface area contributed by atoms with Crippen molar-refractivity contribution in [3.8, 4) is 0 Å². The summed E-state index contributed by atoms with van der Waals surface area (Å²) < 4.78 is 5.31. The maximum atomic E-state index is 10.6. The summed E-state index contributed by atoms with van der Waals surface area (Å²) in [5, 5.41) is 20.7. The van der Waals surface area contributed by atoms with Gasteiger partial charge in [-0.15, -0.1) is 0 Å². The molecule has 0 saturated carbocycles. The number of nitrogens with zero attached hydrogens (tertiary/aromatic N) is 1. The summed E-state index contributed by atoms with van der Waals surface area (Å²) in [7, 11) is 1.97. The van der Waals surface area contributed by atoms with E-state index in [2.05, 4.69) is 0 Å². The van der Waals surface area contributed by atoms with Crippen LogP contribution in [0.1, 0.15) is 37.9 Å². The number of aliphatic hydroxyl groups is 2. The van der Waals surface area contributed by atoms with Gasteiger partial charge in [0.25, 0.3) is 0 Å². The first-order valence-electron chi connectivity index (χ1n) is 7.34. The van der Waals surface area contributed by atoms with Crippen molar-refractivity contribution in [3.05, 3.63) is 29.8 Å². The molecule has 0 aliphatic carbocycles.